The van der Waals surface area contributed by atoms with Crippen molar-refractivity contribution in [2.24, 2.45) is 0 Å². The molecular weight excluding hydrogens is 360 g/mol. The largest absolute Gasteiger partial charge is 0.378 e. The van der Waals surface area contributed by atoms with E-state index in [4.69, 9.17) is 4.74 Å². The predicted octanol–water partition coefficient (Wildman–Crippen LogP) is 3.60. The zero-order valence-electron chi connectivity index (χ0n) is 15.5. The maximum Gasteiger partial charge on any atom is 0.230 e. The Morgan fingerprint density at radius 1 is 1.11 bits per heavy atom. The molecule has 1 aliphatic carbocycles. The smallest absolute Gasteiger partial charge is 0.230 e. The second-order valence-electron chi connectivity index (χ2n) is 7.27. The maximum absolute atomic E-state index is 12.4. The van der Waals surface area contributed by atoms with Gasteiger partial charge in [0.25, 0.3) is 0 Å². The summed E-state index contributed by atoms with van der Waals surface area (Å²) >= 11 is 1.53. The highest BCUT2D eigenvalue weighted by Crippen LogP contribution is 2.35. The van der Waals surface area contributed by atoms with E-state index in [2.05, 4.69) is 32.5 Å². The number of carbonyl (C=O) groups excluding carboxylic acids is 1. The molecule has 0 unspecified atom stereocenters. The molecular formula is C20H26N4O2S. The summed E-state index contributed by atoms with van der Waals surface area (Å²) < 4.78 is 5.39. The highest BCUT2D eigenvalue weighted by Gasteiger charge is 2.20. The van der Waals surface area contributed by atoms with Crippen molar-refractivity contribution >= 4 is 28.1 Å². The third-order valence-corrected chi connectivity index (χ3v) is 6.32. The molecule has 0 spiro atoms. The number of morpholine rings is 1. The van der Waals surface area contributed by atoms with Crippen molar-refractivity contribution < 1.29 is 9.53 Å². The van der Waals surface area contributed by atoms with E-state index in [1.54, 1.807) is 0 Å². The van der Waals surface area contributed by atoms with Crippen molar-refractivity contribution in [3.8, 4) is 0 Å². The van der Waals surface area contributed by atoms with Crippen molar-refractivity contribution in [2.75, 3.05) is 36.5 Å². The van der Waals surface area contributed by atoms with Gasteiger partial charge in [-0.3, -0.25) is 4.79 Å². The van der Waals surface area contributed by atoms with Crippen LogP contribution in [0.5, 0.6) is 0 Å². The first-order valence-corrected chi connectivity index (χ1v) is 10.6. The Hall–Kier alpha value is -1.99. The minimum atomic E-state index is -0.0412. The van der Waals surface area contributed by atoms with Gasteiger partial charge >= 0.3 is 0 Å². The zero-order valence-corrected chi connectivity index (χ0v) is 16.3. The molecule has 27 heavy (non-hydrogen) atoms. The Morgan fingerprint density at radius 3 is 2.59 bits per heavy atom. The molecule has 2 fully saturated rings. The summed E-state index contributed by atoms with van der Waals surface area (Å²) in [5, 5.41) is 13.1. The Morgan fingerprint density at radius 2 is 1.85 bits per heavy atom. The molecule has 144 valence electrons. The first-order chi connectivity index (χ1) is 13.3. The molecule has 1 amide bonds. The van der Waals surface area contributed by atoms with Crippen molar-refractivity contribution in [2.45, 2.75) is 44.4 Å². The van der Waals surface area contributed by atoms with Crippen LogP contribution in [0.2, 0.25) is 0 Å². The quantitative estimate of drug-likeness (QED) is 0.850. The molecule has 1 aliphatic heterocycles. The van der Waals surface area contributed by atoms with Gasteiger partial charge in [-0.05, 0) is 30.5 Å². The SMILES string of the molecule is O=C(Cc1ccc(N2CCOCC2)cc1)Nc1nnc(C2CCCCC2)s1. The van der Waals surface area contributed by atoms with E-state index < -0.39 is 0 Å². The lowest BCUT2D eigenvalue weighted by molar-refractivity contribution is -0.115. The summed E-state index contributed by atoms with van der Waals surface area (Å²) in [5.74, 6) is 0.482. The first-order valence-electron chi connectivity index (χ1n) is 9.83. The number of aromatic nitrogens is 2. The summed E-state index contributed by atoms with van der Waals surface area (Å²) in [6.45, 7) is 3.38. The van der Waals surface area contributed by atoms with Crippen LogP contribution < -0.4 is 10.2 Å². The first kappa shape index (κ1) is 18.4. The van der Waals surface area contributed by atoms with Gasteiger partial charge < -0.3 is 15.0 Å². The Balaban J connectivity index is 1.30. The topological polar surface area (TPSA) is 67.3 Å². The van der Waals surface area contributed by atoms with Crippen LogP contribution in [0.4, 0.5) is 10.8 Å². The van der Waals surface area contributed by atoms with Gasteiger partial charge in [-0.15, -0.1) is 10.2 Å². The van der Waals surface area contributed by atoms with E-state index in [0.29, 0.717) is 17.5 Å². The van der Waals surface area contributed by atoms with E-state index >= 15 is 0 Å². The van der Waals surface area contributed by atoms with Crippen molar-refractivity contribution in [1.82, 2.24) is 10.2 Å². The molecule has 1 saturated heterocycles. The van der Waals surface area contributed by atoms with Crippen molar-refractivity contribution in [3.63, 3.8) is 0 Å². The van der Waals surface area contributed by atoms with Gasteiger partial charge in [0.1, 0.15) is 5.01 Å². The van der Waals surface area contributed by atoms with E-state index in [1.807, 2.05) is 12.1 Å². The van der Waals surface area contributed by atoms with E-state index in [1.165, 1.54) is 49.1 Å². The summed E-state index contributed by atoms with van der Waals surface area (Å²) in [6.07, 6.45) is 6.60. The number of amides is 1. The number of nitrogens with zero attached hydrogens (tertiary/aromatic N) is 3. The highest BCUT2D eigenvalue weighted by molar-refractivity contribution is 7.15. The van der Waals surface area contributed by atoms with Crippen LogP contribution in [0.1, 0.15) is 48.6 Å². The van der Waals surface area contributed by atoms with Crippen LogP contribution in [0.3, 0.4) is 0 Å². The number of anilines is 2. The van der Waals surface area contributed by atoms with Gasteiger partial charge in [0.15, 0.2) is 0 Å². The van der Waals surface area contributed by atoms with E-state index in [-0.39, 0.29) is 5.91 Å². The lowest BCUT2D eigenvalue weighted by Gasteiger charge is -2.28. The molecule has 2 aromatic rings. The van der Waals surface area contributed by atoms with Gasteiger partial charge in [-0.1, -0.05) is 42.7 Å². The number of ether oxygens (including phenoxy) is 1. The second kappa shape index (κ2) is 8.80. The average Bonchev–Trinajstić information content (AvgIpc) is 3.18. The summed E-state index contributed by atoms with van der Waals surface area (Å²) in [6, 6.07) is 8.22. The van der Waals surface area contributed by atoms with Crippen LogP contribution in [0, 0.1) is 0 Å². The third kappa shape index (κ3) is 4.84. The van der Waals surface area contributed by atoms with Gasteiger partial charge in [0.05, 0.1) is 19.6 Å². The van der Waals surface area contributed by atoms with Crippen LogP contribution in [-0.4, -0.2) is 42.4 Å². The van der Waals surface area contributed by atoms with E-state index in [0.717, 1.165) is 36.9 Å². The minimum absolute atomic E-state index is 0.0412. The standard InChI is InChI=1S/C20H26N4O2S/c25-18(21-20-23-22-19(27-20)16-4-2-1-3-5-16)14-15-6-8-17(9-7-15)24-10-12-26-13-11-24/h6-9,16H,1-5,10-14H2,(H,21,23,25). The summed E-state index contributed by atoms with van der Waals surface area (Å²) in [4.78, 5) is 14.7. The summed E-state index contributed by atoms with van der Waals surface area (Å²) in [7, 11) is 0. The van der Waals surface area contributed by atoms with Crippen LogP contribution >= 0.6 is 11.3 Å². The van der Waals surface area contributed by atoms with Crippen LogP contribution in [0.25, 0.3) is 0 Å². The monoisotopic (exact) mass is 386 g/mol. The normalized spacial score (nSPS) is 18.4. The van der Waals surface area contributed by atoms with Gasteiger partial charge in [-0.2, -0.15) is 0 Å². The maximum atomic E-state index is 12.4. The number of carbonyl (C=O) groups is 1. The number of benzene rings is 1. The molecule has 1 N–H and O–H groups in total. The lowest BCUT2D eigenvalue weighted by Crippen LogP contribution is -2.36. The molecule has 6 nitrogen and oxygen atoms in total. The predicted molar refractivity (Wildman–Crippen MR) is 108 cm³/mol. The zero-order chi connectivity index (χ0) is 18.5. The molecule has 0 bridgehead atoms. The van der Waals surface area contributed by atoms with Crippen molar-refractivity contribution in [1.29, 1.82) is 0 Å². The molecule has 1 aromatic heterocycles. The fraction of sp³-hybridized carbons (Fsp3) is 0.550. The molecule has 0 atom stereocenters. The molecule has 1 saturated carbocycles. The molecule has 1 aromatic carbocycles. The Kier molecular flexibility index (Phi) is 5.99. The number of hydrogen-bond donors (Lipinski definition) is 1. The molecule has 4 rings (SSSR count). The molecule has 7 heteroatoms. The molecule has 2 heterocycles. The number of rotatable bonds is 5. The summed E-state index contributed by atoms with van der Waals surface area (Å²) in [5.41, 5.74) is 2.19. The number of hydrogen-bond acceptors (Lipinski definition) is 6. The Labute approximate surface area is 163 Å². The molecule has 2 aliphatic rings. The fourth-order valence-corrected chi connectivity index (χ4v) is 4.72. The van der Waals surface area contributed by atoms with Gasteiger partial charge in [0, 0.05) is 24.7 Å². The number of nitrogens with one attached hydrogen (secondary N) is 1. The lowest BCUT2D eigenvalue weighted by atomic mass is 9.90. The van der Waals surface area contributed by atoms with E-state index in [9.17, 15) is 4.79 Å². The molecule has 0 radical (unpaired) electrons. The fourth-order valence-electron chi connectivity index (χ4n) is 3.79. The Bertz CT molecular complexity index is 750. The second-order valence-corrected chi connectivity index (χ2v) is 8.28. The average molecular weight is 387 g/mol. The van der Waals surface area contributed by atoms with Crippen LogP contribution in [0.15, 0.2) is 24.3 Å². The third-order valence-electron chi connectivity index (χ3n) is 5.32. The minimum Gasteiger partial charge on any atom is -0.378 e. The highest BCUT2D eigenvalue weighted by atomic mass is 32.1. The van der Waals surface area contributed by atoms with Crippen LogP contribution in [-0.2, 0) is 16.0 Å². The van der Waals surface area contributed by atoms with Gasteiger partial charge in [0.2, 0.25) is 11.0 Å². The van der Waals surface area contributed by atoms with Crippen molar-refractivity contribution in [3.05, 3.63) is 34.8 Å². The van der Waals surface area contributed by atoms with Gasteiger partial charge in [-0.25, -0.2) is 0 Å².